The van der Waals surface area contributed by atoms with E-state index >= 15 is 0 Å². The summed E-state index contributed by atoms with van der Waals surface area (Å²) in [5.74, 6) is -0.254. The van der Waals surface area contributed by atoms with E-state index in [0.717, 1.165) is 4.57 Å². The summed E-state index contributed by atoms with van der Waals surface area (Å²) in [6.07, 6.45) is 0. The summed E-state index contributed by atoms with van der Waals surface area (Å²) in [6, 6.07) is 4.83. The van der Waals surface area contributed by atoms with Gasteiger partial charge in [0.25, 0.3) is 5.56 Å². The normalized spacial score (nSPS) is 10.8. The Morgan fingerprint density at radius 3 is 2.61 bits per heavy atom. The second-order valence-corrected chi connectivity index (χ2v) is 4.48. The van der Waals surface area contributed by atoms with E-state index in [1.54, 1.807) is 18.2 Å². The number of hydrogen-bond donors (Lipinski definition) is 0. The number of carbonyl (C=O) groups excluding carboxylic acids is 1. The summed E-state index contributed by atoms with van der Waals surface area (Å²) >= 11 is 5.99. The number of nitrogens with zero attached hydrogens (tertiary/aromatic N) is 2. The van der Waals surface area contributed by atoms with Crippen molar-refractivity contribution in [2.24, 2.45) is 7.05 Å². The van der Waals surface area contributed by atoms with Crippen LogP contribution in [-0.4, -0.2) is 14.9 Å². The van der Waals surface area contributed by atoms with Gasteiger partial charge in [-0.25, -0.2) is 4.79 Å². The van der Waals surface area contributed by atoms with E-state index in [2.05, 4.69) is 0 Å². The predicted octanol–water partition coefficient (Wildman–Crippen LogP) is 0.943. The number of fused-ring (bicyclic) bond motifs is 1. The summed E-state index contributed by atoms with van der Waals surface area (Å²) < 4.78 is 2.20. The third-order valence-electron chi connectivity index (χ3n) is 2.70. The molecule has 2 aromatic rings. The number of ketones is 1. The first kappa shape index (κ1) is 12.6. The SMILES string of the molecule is CC(=O)Cn1c(=O)c2cccc(Cl)c2n(C)c1=O. The molecule has 0 saturated carbocycles. The van der Waals surface area contributed by atoms with Crippen LogP contribution < -0.4 is 11.2 Å². The second-order valence-electron chi connectivity index (χ2n) is 4.07. The van der Waals surface area contributed by atoms with Gasteiger partial charge in [-0.2, -0.15) is 0 Å². The van der Waals surface area contributed by atoms with Crippen LogP contribution in [0.3, 0.4) is 0 Å². The van der Waals surface area contributed by atoms with Gasteiger partial charge in [-0.3, -0.25) is 18.7 Å². The number of Topliss-reactive ketones (excluding diaryl/α,β-unsaturated/α-hetero) is 1. The Morgan fingerprint density at radius 1 is 1.33 bits per heavy atom. The zero-order valence-electron chi connectivity index (χ0n) is 9.94. The van der Waals surface area contributed by atoms with Crippen molar-refractivity contribution in [1.29, 1.82) is 0 Å². The van der Waals surface area contributed by atoms with E-state index in [1.807, 2.05) is 0 Å². The molecule has 0 saturated heterocycles. The fourth-order valence-corrected chi connectivity index (χ4v) is 2.20. The van der Waals surface area contributed by atoms with Gasteiger partial charge < -0.3 is 0 Å². The average Bonchev–Trinajstić information content (AvgIpc) is 2.31. The van der Waals surface area contributed by atoms with E-state index in [0.29, 0.717) is 15.9 Å². The lowest BCUT2D eigenvalue weighted by molar-refractivity contribution is -0.117. The highest BCUT2D eigenvalue weighted by molar-refractivity contribution is 6.35. The molecule has 0 unspecified atom stereocenters. The molecule has 94 valence electrons. The van der Waals surface area contributed by atoms with Crippen molar-refractivity contribution in [2.45, 2.75) is 13.5 Å². The molecular formula is C12H11ClN2O3. The van der Waals surface area contributed by atoms with Gasteiger partial charge in [0.1, 0.15) is 5.78 Å². The third-order valence-corrected chi connectivity index (χ3v) is 3.00. The molecule has 0 aliphatic rings. The van der Waals surface area contributed by atoms with Crippen molar-refractivity contribution < 1.29 is 4.79 Å². The van der Waals surface area contributed by atoms with Crippen molar-refractivity contribution >= 4 is 28.3 Å². The monoisotopic (exact) mass is 266 g/mol. The number of halogens is 1. The van der Waals surface area contributed by atoms with Gasteiger partial charge in [0.05, 0.1) is 22.5 Å². The van der Waals surface area contributed by atoms with Crippen LogP contribution in [0.15, 0.2) is 27.8 Å². The highest BCUT2D eigenvalue weighted by Gasteiger charge is 2.13. The molecule has 18 heavy (non-hydrogen) atoms. The quantitative estimate of drug-likeness (QED) is 0.813. The first-order valence-electron chi connectivity index (χ1n) is 5.31. The Hall–Kier alpha value is -1.88. The van der Waals surface area contributed by atoms with Gasteiger partial charge in [0.2, 0.25) is 0 Å². The van der Waals surface area contributed by atoms with Crippen molar-refractivity contribution in [1.82, 2.24) is 9.13 Å². The number of rotatable bonds is 2. The number of para-hydroxylation sites is 1. The van der Waals surface area contributed by atoms with Gasteiger partial charge in [-0.15, -0.1) is 0 Å². The molecule has 0 N–H and O–H groups in total. The molecule has 6 heteroatoms. The summed E-state index contributed by atoms with van der Waals surface area (Å²) in [4.78, 5) is 35.2. The van der Waals surface area contributed by atoms with E-state index in [4.69, 9.17) is 11.6 Å². The van der Waals surface area contributed by atoms with Gasteiger partial charge >= 0.3 is 5.69 Å². The topological polar surface area (TPSA) is 61.1 Å². The molecular weight excluding hydrogens is 256 g/mol. The Bertz CT molecular complexity index is 758. The molecule has 0 atom stereocenters. The molecule has 1 heterocycles. The molecule has 0 amide bonds. The Kier molecular flexibility index (Phi) is 3.09. The summed E-state index contributed by atoms with van der Waals surface area (Å²) in [7, 11) is 1.52. The Balaban J connectivity index is 2.98. The van der Waals surface area contributed by atoms with Crippen LogP contribution in [0.1, 0.15) is 6.92 Å². The minimum absolute atomic E-state index is 0.228. The molecule has 1 aromatic heterocycles. The number of benzene rings is 1. The number of carbonyl (C=O) groups is 1. The molecule has 1 aromatic carbocycles. The average molecular weight is 267 g/mol. The molecule has 0 fully saturated rings. The van der Waals surface area contributed by atoms with Crippen LogP contribution in [0.4, 0.5) is 0 Å². The maximum Gasteiger partial charge on any atom is 0.331 e. The maximum absolute atomic E-state index is 12.1. The Labute approximate surface area is 107 Å². The van der Waals surface area contributed by atoms with Gasteiger partial charge in [-0.05, 0) is 19.1 Å². The lowest BCUT2D eigenvalue weighted by Gasteiger charge is -2.10. The van der Waals surface area contributed by atoms with Gasteiger partial charge in [0.15, 0.2) is 0 Å². The van der Waals surface area contributed by atoms with Crippen LogP contribution in [0.2, 0.25) is 5.02 Å². The summed E-state index contributed by atoms with van der Waals surface area (Å²) in [6.45, 7) is 1.10. The molecule has 0 bridgehead atoms. The fraction of sp³-hybridized carbons (Fsp3) is 0.250. The summed E-state index contributed by atoms with van der Waals surface area (Å²) in [5, 5.41) is 0.657. The van der Waals surface area contributed by atoms with Crippen molar-refractivity contribution in [3.8, 4) is 0 Å². The lowest BCUT2D eigenvalue weighted by Crippen LogP contribution is -2.40. The van der Waals surface area contributed by atoms with E-state index in [-0.39, 0.29) is 12.3 Å². The van der Waals surface area contributed by atoms with E-state index < -0.39 is 11.2 Å². The molecule has 5 nitrogen and oxygen atoms in total. The fourth-order valence-electron chi connectivity index (χ4n) is 1.90. The molecule has 0 aliphatic heterocycles. The van der Waals surface area contributed by atoms with Crippen LogP contribution in [-0.2, 0) is 18.4 Å². The van der Waals surface area contributed by atoms with Crippen LogP contribution in [0, 0.1) is 0 Å². The standard InChI is InChI=1S/C12H11ClN2O3/c1-7(16)6-15-11(17)8-4-3-5-9(13)10(8)14(2)12(15)18/h3-5H,6H2,1-2H3. The van der Waals surface area contributed by atoms with E-state index in [9.17, 15) is 14.4 Å². The van der Waals surface area contributed by atoms with E-state index in [1.165, 1.54) is 18.5 Å². The first-order valence-corrected chi connectivity index (χ1v) is 5.68. The van der Waals surface area contributed by atoms with Crippen LogP contribution in [0.25, 0.3) is 10.9 Å². The minimum atomic E-state index is -0.546. The highest BCUT2D eigenvalue weighted by atomic mass is 35.5. The highest BCUT2D eigenvalue weighted by Crippen LogP contribution is 2.18. The largest absolute Gasteiger partial charge is 0.331 e. The molecule has 0 spiro atoms. The number of aryl methyl sites for hydroxylation is 1. The molecule has 2 rings (SSSR count). The van der Waals surface area contributed by atoms with Gasteiger partial charge in [0, 0.05) is 7.05 Å². The predicted molar refractivity (Wildman–Crippen MR) is 69.1 cm³/mol. The van der Waals surface area contributed by atoms with Gasteiger partial charge in [-0.1, -0.05) is 17.7 Å². The zero-order chi connectivity index (χ0) is 13.4. The zero-order valence-corrected chi connectivity index (χ0v) is 10.7. The smallest absolute Gasteiger partial charge is 0.298 e. The third kappa shape index (κ3) is 1.86. The summed E-state index contributed by atoms with van der Waals surface area (Å²) in [5.41, 5.74) is -0.657. The van der Waals surface area contributed by atoms with Crippen molar-refractivity contribution in [2.75, 3.05) is 0 Å². The number of hydrogen-bond acceptors (Lipinski definition) is 3. The minimum Gasteiger partial charge on any atom is -0.298 e. The molecule has 0 aliphatic carbocycles. The first-order chi connectivity index (χ1) is 8.43. The maximum atomic E-state index is 12.1. The number of aromatic nitrogens is 2. The Morgan fingerprint density at radius 2 is 2.00 bits per heavy atom. The van der Waals surface area contributed by atoms with Crippen LogP contribution >= 0.6 is 11.6 Å². The van der Waals surface area contributed by atoms with Crippen LogP contribution in [0.5, 0.6) is 0 Å². The molecule has 0 radical (unpaired) electrons. The lowest BCUT2D eigenvalue weighted by atomic mass is 10.2. The van der Waals surface area contributed by atoms with Crippen molar-refractivity contribution in [3.05, 3.63) is 44.1 Å². The second kappa shape index (κ2) is 4.42. The van der Waals surface area contributed by atoms with Crippen molar-refractivity contribution in [3.63, 3.8) is 0 Å².